The number of aliphatic hydroxyl groups is 3. The third-order valence-electron chi connectivity index (χ3n) is 7.98. The van der Waals surface area contributed by atoms with Crippen LogP contribution >= 0.6 is 11.6 Å². The van der Waals surface area contributed by atoms with Crippen LogP contribution in [0.1, 0.15) is 43.4 Å². The smallest absolute Gasteiger partial charge is 0.255 e. The number of aliphatic hydroxyl groups excluding tert-OH is 2. The molecule has 0 saturated heterocycles. The fourth-order valence-corrected chi connectivity index (χ4v) is 6.20. The molecular weight excluding hydrogens is 502 g/mol. The van der Waals surface area contributed by atoms with E-state index >= 15 is 0 Å². The van der Waals surface area contributed by atoms with Gasteiger partial charge < -0.3 is 31.5 Å². The predicted octanol–water partition coefficient (Wildman–Crippen LogP) is 1.51. The van der Waals surface area contributed by atoms with Gasteiger partial charge in [0.05, 0.1) is 11.6 Å². The summed E-state index contributed by atoms with van der Waals surface area (Å²) in [4.78, 5) is 40.4. The van der Waals surface area contributed by atoms with Crippen molar-refractivity contribution >= 4 is 34.8 Å². The van der Waals surface area contributed by atoms with Crippen LogP contribution in [0.5, 0.6) is 5.75 Å². The van der Waals surface area contributed by atoms with Crippen LogP contribution in [0, 0.1) is 11.8 Å². The Balaban J connectivity index is 1.88. The summed E-state index contributed by atoms with van der Waals surface area (Å²) in [5.41, 5.74) is 2.68. The van der Waals surface area contributed by atoms with Crippen LogP contribution in [-0.2, 0) is 27.3 Å². The van der Waals surface area contributed by atoms with E-state index in [0.717, 1.165) is 6.42 Å². The van der Waals surface area contributed by atoms with E-state index in [9.17, 15) is 34.8 Å². The van der Waals surface area contributed by atoms with E-state index in [4.69, 9.17) is 17.3 Å². The Morgan fingerprint density at radius 3 is 2.51 bits per heavy atom. The Morgan fingerprint density at radius 1 is 1.30 bits per heavy atom. The third kappa shape index (κ3) is 3.94. The van der Waals surface area contributed by atoms with Crippen LogP contribution in [0.25, 0.3) is 5.76 Å². The molecule has 0 bridgehead atoms. The number of carbonyl (C=O) groups is 3. The van der Waals surface area contributed by atoms with Crippen molar-refractivity contribution in [3.8, 4) is 5.75 Å². The van der Waals surface area contributed by atoms with Gasteiger partial charge in [0.2, 0.25) is 5.78 Å². The van der Waals surface area contributed by atoms with Crippen LogP contribution < -0.4 is 11.1 Å². The monoisotopic (exact) mass is 533 g/mol. The van der Waals surface area contributed by atoms with E-state index in [1.165, 1.54) is 11.0 Å². The number of likely N-dealkylation sites (N-methyl/N-ethyl adjacent to an activating group) is 1. The highest BCUT2D eigenvalue weighted by molar-refractivity contribution is 6.32. The van der Waals surface area contributed by atoms with Crippen LogP contribution in [0.2, 0.25) is 5.02 Å². The summed E-state index contributed by atoms with van der Waals surface area (Å²) in [6.45, 7) is 4.43. The number of phenolic OH excluding ortho intramolecular Hbond substituents is 1. The molecule has 7 N–H and O–H groups in total. The number of primary amides is 1. The fourth-order valence-electron chi connectivity index (χ4n) is 5.90. The molecule has 0 heterocycles. The van der Waals surface area contributed by atoms with Gasteiger partial charge in [0.15, 0.2) is 11.4 Å². The highest BCUT2D eigenvalue weighted by Crippen LogP contribution is 2.53. The lowest BCUT2D eigenvalue weighted by Gasteiger charge is -2.50. The summed E-state index contributed by atoms with van der Waals surface area (Å²) < 4.78 is 0. The first-order valence-corrected chi connectivity index (χ1v) is 12.6. The highest BCUT2D eigenvalue weighted by Gasteiger charge is 2.64. The second-order valence-electron chi connectivity index (χ2n) is 10.4. The maximum atomic E-state index is 13.8. The van der Waals surface area contributed by atoms with E-state index in [2.05, 4.69) is 5.32 Å². The molecule has 0 aromatic heterocycles. The maximum absolute atomic E-state index is 13.8. The molecule has 3 aliphatic rings. The molecule has 1 saturated carbocycles. The van der Waals surface area contributed by atoms with Gasteiger partial charge in [-0.25, -0.2) is 0 Å². The lowest BCUT2D eigenvalue weighted by atomic mass is 9.57. The number of ketones is 2. The van der Waals surface area contributed by atoms with Crippen molar-refractivity contribution in [1.82, 2.24) is 10.2 Å². The first-order valence-electron chi connectivity index (χ1n) is 12.2. The summed E-state index contributed by atoms with van der Waals surface area (Å²) in [5.74, 6) is -6.87. The van der Waals surface area contributed by atoms with E-state index in [-0.39, 0.29) is 35.8 Å². The van der Waals surface area contributed by atoms with Crippen molar-refractivity contribution < 1.29 is 34.8 Å². The first-order chi connectivity index (χ1) is 17.3. The quantitative estimate of drug-likeness (QED) is 0.296. The van der Waals surface area contributed by atoms with Crippen LogP contribution in [0.4, 0.5) is 0 Å². The van der Waals surface area contributed by atoms with Crippen molar-refractivity contribution in [2.75, 3.05) is 14.1 Å². The number of nitrogens with zero attached hydrogens (tertiary/aromatic N) is 1. The topological polar surface area (TPSA) is 173 Å². The molecule has 4 rings (SSSR count). The molecule has 0 aliphatic heterocycles. The zero-order chi connectivity index (χ0) is 27.6. The number of nitrogens with one attached hydrogen (secondary N) is 1. The Morgan fingerprint density at radius 2 is 1.95 bits per heavy atom. The first kappa shape index (κ1) is 27.1. The predicted molar refractivity (Wildman–Crippen MR) is 136 cm³/mol. The summed E-state index contributed by atoms with van der Waals surface area (Å²) in [7, 11) is 3.11. The molecule has 0 spiro atoms. The van der Waals surface area contributed by atoms with Gasteiger partial charge in [0.25, 0.3) is 5.91 Å². The van der Waals surface area contributed by atoms with E-state index in [1.54, 1.807) is 14.1 Å². The third-order valence-corrected chi connectivity index (χ3v) is 8.45. The van der Waals surface area contributed by atoms with Crippen LogP contribution in [-0.4, -0.2) is 74.6 Å². The van der Waals surface area contributed by atoms with E-state index in [0.29, 0.717) is 22.7 Å². The lowest BCUT2D eigenvalue weighted by molar-refractivity contribution is -0.153. The standard InChI is InChI=1S/C26H32ClN3O7/c1-5-10(2)29-9-12-8-15(31)17-13(19(12)27)6-11-7-14-20(30(3)4)22(33)18(25(28)36)24(35)26(14,37)23(34)16(11)21(17)32/h8,10-11,14,20,29,31-32,35,37H,5-7,9H2,1-4H3,(H2,28,36)/t10?,11-,14-,20-,26-/m0/s1. The van der Waals surface area contributed by atoms with Gasteiger partial charge >= 0.3 is 0 Å². The van der Waals surface area contributed by atoms with Crippen LogP contribution in [0.15, 0.2) is 23.0 Å². The number of amides is 1. The SMILES string of the molecule is CCC(C)NCc1cc(O)c2c(c1Cl)C[C@H]1C[C@H]3[C@H](N(C)C)C(=O)C(C(N)=O)=C(O)[C@@]3(O)C(=O)C1=C2O. The number of carbonyl (C=O) groups excluding carboxylic acids is 3. The molecule has 1 unspecified atom stereocenters. The largest absolute Gasteiger partial charge is 0.508 e. The zero-order valence-corrected chi connectivity index (χ0v) is 21.9. The normalized spacial score (nSPS) is 28.2. The fraction of sp³-hybridized carbons (Fsp3) is 0.500. The second kappa shape index (κ2) is 9.43. The average Bonchev–Trinajstić information content (AvgIpc) is 2.81. The van der Waals surface area contributed by atoms with Crippen molar-refractivity contribution in [3.05, 3.63) is 44.7 Å². The van der Waals surface area contributed by atoms with E-state index < -0.39 is 58.0 Å². The molecule has 200 valence electrons. The maximum Gasteiger partial charge on any atom is 0.255 e. The molecule has 10 nitrogen and oxygen atoms in total. The Kier molecular flexibility index (Phi) is 6.91. The van der Waals surface area contributed by atoms with Crippen molar-refractivity contribution in [2.24, 2.45) is 17.6 Å². The molecule has 1 fully saturated rings. The number of hydrogen-bond acceptors (Lipinski definition) is 9. The Labute approximate surface area is 219 Å². The molecule has 1 amide bonds. The number of aromatic hydroxyl groups is 1. The highest BCUT2D eigenvalue weighted by atomic mass is 35.5. The number of phenols is 1. The van der Waals surface area contributed by atoms with Gasteiger partial charge in [-0.1, -0.05) is 18.5 Å². The summed E-state index contributed by atoms with van der Waals surface area (Å²) in [6.07, 6.45) is 1.05. The van der Waals surface area contributed by atoms with Crippen molar-refractivity contribution in [3.63, 3.8) is 0 Å². The number of benzene rings is 1. The molecule has 1 aromatic rings. The summed E-state index contributed by atoms with van der Waals surface area (Å²) in [6, 6.07) is 0.496. The average molecular weight is 534 g/mol. The lowest BCUT2D eigenvalue weighted by Crippen LogP contribution is -2.65. The summed E-state index contributed by atoms with van der Waals surface area (Å²) >= 11 is 6.72. The Bertz CT molecular complexity index is 1270. The van der Waals surface area contributed by atoms with Gasteiger partial charge in [0.1, 0.15) is 22.8 Å². The molecule has 0 radical (unpaired) electrons. The second-order valence-corrected chi connectivity index (χ2v) is 10.8. The summed E-state index contributed by atoms with van der Waals surface area (Å²) in [5, 5.41) is 48.2. The minimum absolute atomic E-state index is 0.0121. The van der Waals surface area contributed by atoms with Crippen molar-refractivity contribution in [2.45, 2.75) is 57.3 Å². The minimum atomic E-state index is -2.66. The van der Waals surface area contributed by atoms with Gasteiger partial charge in [0, 0.05) is 29.1 Å². The number of halogens is 1. The molecule has 11 heteroatoms. The number of rotatable bonds is 6. The van der Waals surface area contributed by atoms with E-state index in [1.807, 2.05) is 13.8 Å². The molecule has 5 atom stereocenters. The number of nitrogens with two attached hydrogens (primary N) is 1. The van der Waals surface area contributed by atoms with Gasteiger partial charge in [-0.15, -0.1) is 0 Å². The zero-order valence-electron chi connectivity index (χ0n) is 21.1. The number of Topliss-reactive ketones (excluding diaryl/α,β-unsaturated/α-hetero) is 2. The van der Waals surface area contributed by atoms with Gasteiger partial charge in [-0.2, -0.15) is 0 Å². The van der Waals surface area contributed by atoms with Crippen LogP contribution in [0.3, 0.4) is 0 Å². The van der Waals surface area contributed by atoms with Crippen molar-refractivity contribution in [1.29, 1.82) is 0 Å². The minimum Gasteiger partial charge on any atom is -0.508 e. The Hall–Kier alpha value is -2.92. The number of fused-ring (bicyclic) bond motifs is 3. The molecule has 1 aromatic carbocycles. The molecule has 3 aliphatic carbocycles. The van der Waals surface area contributed by atoms with Gasteiger partial charge in [-0.3, -0.25) is 19.3 Å². The number of hydrogen-bond donors (Lipinski definition) is 6. The molecular formula is C26H32ClN3O7. The van der Waals surface area contributed by atoms with Gasteiger partial charge in [-0.05, 0) is 63.4 Å². The molecule has 37 heavy (non-hydrogen) atoms.